The largest absolute Gasteiger partial charge is 0.487 e. The minimum Gasteiger partial charge on any atom is -0.487 e. The molecule has 2 aromatic heterocycles. The van der Waals surface area contributed by atoms with E-state index in [1.807, 2.05) is 47.1 Å². The van der Waals surface area contributed by atoms with Gasteiger partial charge in [-0.25, -0.2) is 4.98 Å². The Labute approximate surface area is 182 Å². The second kappa shape index (κ2) is 10.5. The molecule has 3 heterocycles. The summed E-state index contributed by atoms with van der Waals surface area (Å²) in [6, 6.07) is 11.5. The Hall–Kier alpha value is -2.28. The molecule has 0 saturated carbocycles. The molecule has 1 aromatic carbocycles. The van der Waals surface area contributed by atoms with Crippen LogP contribution in [0.15, 0.2) is 48.8 Å². The number of hydrogen-bond donors (Lipinski definition) is 2. The molecule has 1 aliphatic rings. The molecule has 1 saturated heterocycles. The predicted molar refractivity (Wildman–Crippen MR) is 119 cm³/mol. The first-order valence-corrected chi connectivity index (χ1v) is 9.36. The summed E-state index contributed by atoms with van der Waals surface area (Å²) in [6.07, 6.45) is 6.11. The Bertz CT molecular complexity index is 955. The van der Waals surface area contributed by atoms with Gasteiger partial charge in [-0.2, -0.15) is 0 Å². The van der Waals surface area contributed by atoms with E-state index in [9.17, 15) is 4.79 Å². The van der Waals surface area contributed by atoms with Crippen LogP contribution in [0.1, 0.15) is 34.5 Å². The summed E-state index contributed by atoms with van der Waals surface area (Å²) in [5.74, 6) is 0.606. The highest BCUT2D eigenvalue weighted by atomic mass is 35.5. The minimum atomic E-state index is -0.0580. The zero-order valence-electron chi connectivity index (χ0n) is 16.3. The van der Waals surface area contributed by atoms with E-state index in [1.165, 1.54) is 5.56 Å². The Balaban J connectivity index is 0.00000150. The van der Waals surface area contributed by atoms with E-state index in [0.29, 0.717) is 17.9 Å². The van der Waals surface area contributed by atoms with Crippen LogP contribution in [0.5, 0.6) is 5.75 Å². The van der Waals surface area contributed by atoms with Crippen LogP contribution in [0.25, 0.3) is 5.65 Å². The lowest BCUT2D eigenvalue weighted by Crippen LogP contribution is -2.45. The van der Waals surface area contributed by atoms with Crippen LogP contribution in [0, 0.1) is 6.92 Å². The van der Waals surface area contributed by atoms with Crippen LogP contribution in [-0.2, 0) is 6.61 Å². The van der Waals surface area contributed by atoms with Crippen molar-refractivity contribution in [3.63, 3.8) is 0 Å². The number of fused-ring (bicyclic) bond motifs is 1. The average Bonchev–Trinajstić information content (AvgIpc) is 3.09. The lowest BCUT2D eigenvalue weighted by Gasteiger charge is -2.23. The highest BCUT2D eigenvalue weighted by Crippen LogP contribution is 2.16. The summed E-state index contributed by atoms with van der Waals surface area (Å²) in [5.41, 5.74) is 3.54. The van der Waals surface area contributed by atoms with Gasteiger partial charge in [0.2, 0.25) is 0 Å². The summed E-state index contributed by atoms with van der Waals surface area (Å²) in [4.78, 5) is 17.0. The number of aromatic nitrogens is 2. The number of carbonyl (C=O) groups is 1. The van der Waals surface area contributed by atoms with Gasteiger partial charge in [0.25, 0.3) is 5.91 Å². The van der Waals surface area contributed by atoms with Crippen molar-refractivity contribution in [1.82, 2.24) is 20.0 Å². The molecule has 0 radical (unpaired) electrons. The first-order chi connectivity index (χ1) is 13.2. The van der Waals surface area contributed by atoms with E-state index >= 15 is 0 Å². The summed E-state index contributed by atoms with van der Waals surface area (Å²) in [5, 5.41) is 6.39. The van der Waals surface area contributed by atoms with Gasteiger partial charge in [0.15, 0.2) is 0 Å². The van der Waals surface area contributed by atoms with Gasteiger partial charge >= 0.3 is 0 Å². The number of ether oxygens (including phenoxy) is 1. The second-order valence-corrected chi connectivity index (χ2v) is 7.04. The van der Waals surface area contributed by atoms with Crippen LogP contribution in [-0.4, -0.2) is 34.4 Å². The lowest BCUT2D eigenvalue weighted by molar-refractivity contribution is 0.0930. The summed E-state index contributed by atoms with van der Waals surface area (Å²) >= 11 is 0. The molecule has 1 fully saturated rings. The van der Waals surface area contributed by atoms with Crippen molar-refractivity contribution in [2.45, 2.75) is 32.4 Å². The smallest absolute Gasteiger partial charge is 0.251 e. The molecular weight excluding hydrogens is 411 g/mol. The SMILES string of the molecule is Cc1ccc2nc(COc3cccc(C(=O)N[C@H]4CCCNC4)c3)cn2c1.Cl.Cl. The third-order valence-corrected chi connectivity index (χ3v) is 4.76. The maximum Gasteiger partial charge on any atom is 0.251 e. The van der Waals surface area contributed by atoms with Gasteiger partial charge in [0.05, 0.1) is 5.69 Å². The third-order valence-electron chi connectivity index (χ3n) is 4.76. The topological polar surface area (TPSA) is 67.7 Å². The molecule has 2 N–H and O–H groups in total. The Morgan fingerprint density at radius 3 is 2.93 bits per heavy atom. The average molecular weight is 437 g/mol. The molecule has 0 unspecified atom stereocenters. The molecule has 0 spiro atoms. The normalized spacial score (nSPS) is 15.8. The zero-order valence-corrected chi connectivity index (χ0v) is 17.9. The van der Waals surface area contributed by atoms with Crippen LogP contribution in [0.4, 0.5) is 0 Å². The molecule has 3 aromatic rings. The number of carbonyl (C=O) groups excluding carboxylic acids is 1. The van der Waals surface area contributed by atoms with Crippen LogP contribution < -0.4 is 15.4 Å². The van der Waals surface area contributed by atoms with Crippen molar-refractivity contribution in [3.05, 3.63) is 65.6 Å². The summed E-state index contributed by atoms with van der Waals surface area (Å²) in [6.45, 7) is 4.27. The maximum absolute atomic E-state index is 12.5. The number of hydrogen-bond acceptors (Lipinski definition) is 4. The molecule has 29 heavy (non-hydrogen) atoms. The van der Waals surface area contributed by atoms with Gasteiger partial charge < -0.3 is 19.8 Å². The fraction of sp³-hybridized carbons (Fsp3) is 0.333. The number of nitrogens with one attached hydrogen (secondary N) is 2. The van der Waals surface area contributed by atoms with E-state index in [-0.39, 0.29) is 36.8 Å². The first-order valence-electron chi connectivity index (χ1n) is 9.36. The van der Waals surface area contributed by atoms with Crippen LogP contribution in [0.2, 0.25) is 0 Å². The maximum atomic E-state index is 12.5. The predicted octanol–water partition coefficient (Wildman–Crippen LogP) is 3.55. The van der Waals surface area contributed by atoms with Crippen molar-refractivity contribution >= 4 is 36.4 Å². The Kier molecular flexibility index (Phi) is 8.32. The quantitative estimate of drug-likeness (QED) is 0.641. The number of piperidine rings is 1. The van der Waals surface area contributed by atoms with E-state index in [4.69, 9.17) is 4.74 Å². The van der Waals surface area contributed by atoms with Gasteiger partial charge in [-0.3, -0.25) is 4.79 Å². The van der Waals surface area contributed by atoms with Crippen molar-refractivity contribution in [3.8, 4) is 5.75 Å². The summed E-state index contributed by atoms with van der Waals surface area (Å²) in [7, 11) is 0. The summed E-state index contributed by atoms with van der Waals surface area (Å²) < 4.78 is 7.86. The molecule has 0 bridgehead atoms. The van der Waals surface area contributed by atoms with E-state index < -0.39 is 0 Å². The van der Waals surface area contributed by atoms with E-state index in [0.717, 1.165) is 37.3 Å². The fourth-order valence-corrected chi connectivity index (χ4v) is 3.35. The monoisotopic (exact) mass is 436 g/mol. The number of rotatable bonds is 5. The van der Waals surface area contributed by atoms with Gasteiger partial charge in [0.1, 0.15) is 18.0 Å². The lowest BCUT2D eigenvalue weighted by atomic mass is 10.1. The third kappa shape index (κ3) is 5.85. The van der Waals surface area contributed by atoms with E-state index in [1.54, 1.807) is 6.07 Å². The Morgan fingerprint density at radius 2 is 2.14 bits per heavy atom. The van der Waals surface area contributed by atoms with Crippen molar-refractivity contribution in [2.75, 3.05) is 13.1 Å². The number of aryl methyl sites for hydroxylation is 1. The number of halogens is 2. The van der Waals surface area contributed by atoms with Gasteiger partial charge in [-0.05, 0) is 56.1 Å². The highest BCUT2D eigenvalue weighted by molar-refractivity contribution is 5.94. The van der Waals surface area contributed by atoms with Gasteiger partial charge in [-0.1, -0.05) is 12.1 Å². The number of benzene rings is 1. The molecule has 4 rings (SSSR count). The number of imidazole rings is 1. The number of amides is 1. The molecule has 8 heteroatoms. The standard InChI is InChI=1S/C21H24N4O2.2ClH/c1-15-7-8-20-23-18(13-25(20)12-15)14-27-19-6-2-4-16(10-19)21(26)24-17-5-3-9-22-11-17;;/h2,4,6-8,10,12-13,17,22H,3,5,9,11,14H2,1H3,(H,24,26);2*1H/t17-;;/m0../s1. The minimum absolute atomic E-state index is 0. The van der Waals surface area contributed by atoms with Crippen molar-refractivity contribution < 1.29 is 9.53 Å². The number of nitrogens with zero attached hydrogens (tertiary/aromatic N) is 2. The zero-order chi connectivity index (χ0) is 18.6. The number of pyridine rings is 1. The molecular formula is C21H26Cl2N4O2. The molecule has 0 aliphatic carbocycles. The Morgan fingerprint density at radius 1 is 1.28 bits per heavy atom. The fourth-order valence-electron chi connectivity index (χ4n) is 3.35. The van der Waals surface area contributed by atoms with Crippen molar-refractivity contribution in [2.24, 2.45) is 0 Å². The first kappa shape index (κ1) is 23.0. The van der Waals surface area contributed by atoms with Gasteiger partial charge in [0, 0.05) is 30.5 Å². The molecule has 1 atom stereocenters. The van der Waals surface area contributed by atoms with E-state index in [2.05, 4.69) is 22.5 Å². The van der Waals surface area contributed by atoms with Crippen molar-refractivity contribution in [1.29, 1.82) is 0 Å². The van der Waals surface area contributed by atoms with Crippen LogP contribution in [0.3, 0.4) is 0 Å². The molecule has 6 nitrogen and oxygen atoms in total. The highest BCUT2D eigenvalue weighted by Gasteiger charge is 2.16. The van der Waals surface area contributed by atoms with Gasteiger partial charge in [-0.15, -0.1) is 24.8 Å². The molecule has 1 amide bonds. The second-order valence-electron chi connectivity index (χ2n) is 7.04. The molecule has 156 valence electrons. The van der Waals surface area contributed by atoms with Crippen LogP contribution >= 0.6 is 24.8 Å². The molecule has 1 aliphatic heterocycles.